The van der Waals surface area contributed by atoms with Gasteiger partial charge < -0.3 is 0 Å². The number of pyridine rings is 1. The van der Waals surface area contributed by atoms with E-state index in [0.717, 1.165) is 12.2 Å². The first-order chi connectivity index (χ1) is 5.79. The molecule has 0 spiro atoms. The zero-order chi connectivity index (χ0) is 8.81. The lowest BCUT2D eigenvalue weighted by Crippen LogP contribution is -1.96. The van der Waals surface area contributed by atoms with Gasteiger partial charge in [-0.15, -0.1) is 0 Å². The van der Waals surface area contributed by atoms with Crippen molar-refractivity contribution in [3.63, 3.8) is 0 Å². The van der Waals surface area contributed by atoms with Gasteiger partial charge in [0.05, 0.1) is 12.2 Å². The molecule has 0 amide bonds. The lowest BCUT2D eigenvalue weighted by atomic mass is 10.4. The van der Waals surface area contributed by atoms with Crippen molar-refractivity contribution >= 4 is 18.8 Å². The Morgan fingerprint density at radius 3 is 3.08 bits per heavy atom. The maximum atomic E-state index is 4.21. The quantitative estimate of drug-likeness (QED) is 0.557. The van der Waals surface area contributed by atoms with E-state index >= 15 is 0 Å². The second kappa shape index (κ2) is 4.93. The zero-order valence-electron chi connectivity index (χ0n) is 7.01. The molecule has 64 valence electrons. The van der Waals surface area contributed by atoms with Crippen LogP contribution in [0.4, 0.5) is 0 Å². The van der Waals surface area contributed by atoms with E-state index in [9.17, 15) is 0 Å². The van der Waals surface area contributed by atoms with Crippen LogP contribution in [0.5, 0.6) is 0 Å². The van der Waals surface area contributed by atoms with Crippen molar-refractivity contribution in [2.75, 3.05) is 6.54 Å². The summed E-state index contributed by atoms with van der Waals surface area (Å²) in [6.07, 6.45) is 3.53. The maximum absolute atomic E-state index is 4.21. The van der Waals surface area contributed by atoms with Gasteiger partial charge in [-0.1, -0.05) is 13.0 Å². The van der Waals surface area contributed by atoms with Crippen LogP contribution < -0.4 is 0 Å². The summed E-state index contributed by atoms with van der Waals surface area (Å²) in [6.45, 7) is 2.75. The predicted molar refractivity (Wildman–Crippen MR) is 55.1 cm³/mol. The van der Waals surface area contributed by atoms with Crippen LogP contribution in [0.15, 0.2) is 29.4 Å². The molecule has 1 unspecified atom stereocenters. The summed E-state index contributed by atoms with van der Waals surface area (Å²) in [5.41, 5.74) is 0.895. The Hall–Kier alpha value is -0.830. The molecule has 0 radical (unpaired) electrons. The first-order valence-corrected chi connectivity index (χ1v) is 4.39. The van der Waals surface area contributed by atoms with Gasteiger partial charge in [-0.05, 0) is 12.1 Å². The first-order valence-electron chi connectivity index (χ1n) is 3.88. The van der Waals surface area contributed by atoms with Crippen LogP contribution >= 0.6 is 12.6 Å². The molecule has 1 atom stereocenters. The fourth-order valence-corrected chi connectivity index (χ4v) is 0.845. The highest BCUT2D eigenvalue weighted by Gasteiger charge is 1.89. The smallest absolute Gasteiger partial charge is 0.0807 e. The van der Waals surface area contributed by atoms with Crippen molar-refractivity contribution < 1.29 is 0 Å². The van der Waals surface area contributed by atoms with Crippen molar-refractivity contribution in [3.8, 4) is 0 Å². The molecule has 1 rings (SSSR count). The van der Waals surface area contributed by atoms with E-state index in [1.165, 1.54) is 0 Å². The third-order valence-electron chi connectivity index (χ3n) is 1.28. The number of thiol groups is 1. The van der Waals surface area contributed by atoms with Crippen LogP contribution in [-0.2, 0) is 0 Å². The van der Waals surface area contributed by atoms with Gasteiger partial charge in [0.15, 0.2) is 0 Å². The van der Waals surface area contributed by atoms with Gasteiger partial charge in [0.2, 0.25) is 0 Å². The molecule has 0 fully saturated rings. The van der Waals surface area contributed by atoms with Crippen molar-refractivity contribution in [2.45, 2.75) is 12.2 Å². The van der Waals surface area contributed by atoms with E-state index < -0.39 is 0 Å². The Morgan fingerprint density at radius 1 is 1.67 bits per heavy atom. The molecule has 0 saturated carbocycles. The SMILES string of the molecule is CC(S)CN=Cc1ccccn1. The lowest BCUT2D eigenvalue weighted by Gasteiger charge is -1.95. The van der Waals surface area contributed by atoms with E-state index in [2.05, 4.69) is 22.6 Å². The number of hydrogen-bond donors (Lipinski definition) is 1. The fourth-order valence-electron chi connectivity index (χ4n) is 0.751. The summed E-state index contributed by atoms with van der Waals surface area (Å²) in [5, 5.41) is 0.310. The summed E-state index contributed by atoms with van der Waals surface area (Å²) in [4.78, 5) is 8.28. The van der Waals surface area contributed by atoms with Gasteiger partial charge in [0.1, 0.15) is 0 Å². The zero-order valence-corrected chi connectivity index (χ0v) is 7.91. The molecule has 0 aliphatic carbocycles. The number of nitrogens with zero attached hydrogens (tertiary/aromatic N) is 2. The first kappa shape index (κ1) is 9.26. The standard InChI is InChI=1S/C9H12N2S/c1-8(12)6-10-7-9-4-2-3-5-11-9/h2-5,7-8,12H,6H2,1H3. The van der Waals surface area contributed by atoms with E-state index in [-0.39, 0.29) is 0 Å². The number of rotatable bonds is 3. The van der Waals surface area contributed by atoms with E-state index in [1.54, 1.807) is 12.4 Å². The van der Waals surface area contributed by atoms with Gasteiger partial charge in [-0.2, -0.15) is 12.6 Å². The third-order valence-corrected chi connectivity index (χ3v) is 1.44. The summed E-state index contributed by atoms with van der Waals surface area (Å²) < 4.78 is 0. The Morgan fingerprint density at radius 2 is 2.50 bits per heavy atom. The van der Waals surface area contributed by atoms with Crippen LogP contribution in [0.25, 0.3) is 0 Å². The van der Waals surface area contributed by atoms with Crippen LogP contribution in [0.2, 0.25) is 0 Å². The Kier molecular flexibility index (Phi) is 3.80. The summed E-state index contributed by atoms with van der Waals surface area (Å²) in [5.74, 6) is 0. The average molecular weight is 180 g/mol. The van der Waals surface area contributed by atoms with Gasteiger partial charge in [0, 0.05) is 17.7 Å². The second-order valence-corrected chi connectivity index (χ2v) is 3.48. The molecule has 0 saturated heterocycles. The minimum absolute atomic E-state index is 0.310. The minimum Gasteiger partial charge on any atom is -0.290 e. The van der Waals surface area contributed by atoms with E-state index in [0.29, 0.717) is 5.25 Å². The van der Waals surface area contributed by atoms with E-state index in [1.807, 2.05) is 25.1 Å². The number of aliphatic imine (C=N–C) groups is 1. The van der Waals surface area contributed by atoms with Crippen LogP contribution in [0, 0.1) is 0 Å². The molecule has 12 heavy (non-hydrogen) atoms. The Bertz CT molecular complexity index is 244. The van der Waals surface area contributed by atoms with Crippen LogP contribution in [-0.4, -0.2) is 23.0 Å². The Balaban J connectivity index is 2.47. The third kappa shape index (κ3) is 3.53. The fraction of sp³-hybridized carbons (Fsp3) is 0.333. The molecule has 1 aromatic rings. The van der Waals surface area contributed by atoms with Crippen LogP contribution in [0.1, 0.15) is 12.6 Å². The van der Waals surface area contributed by atoms with Gasteiger partial charge in [-0.3, -0.25) is 9.98 Å². The molecular formula is C9H12N2S. The highest BCUT2D eigenvalue weighted by atomic mass is 32.1. The van der Waals surface area contributed by atoms with Crippen molar-refractivity contribution in [1.29, 1.82) is 0 Å². The highest BCUT2D eigenvalue weighted by molar-refractivity contribution is 7.80. The lowest BCUT2D eigenvalue weighted by molar-refractivity contribution is 0.963. The average Bonchev–Trinajstić information content (AvgIpc) is 2.05. The maximum Gasteiger partial charge on any atom is 0.0807 e. The van der Waals surface area contributed by atoms with Gasteiger partial charge >= 0.3 is 0 Å². The molecule has 0 aliphatic rings. The molecule has 0 aromatic carbocycles. The topological polar surface area (TPSA) is 25.2 Å². The predicted octanol–water partition coefficient (Wildman–Crippen LogP) is 1.82. The highest BCUT2D eigenvalue weighted by Crippen LogP contribution is 1.93. The summed E-state index contributed by atoms with van der Waals surface area (Å²) in [7, 11) is 0. The van der Waals surface area contributed by atoms with E-state index in [4.69, 9.17) is 0 Å². The molecule has 1 heterocycles. The van der Waals surface area contributed by atoms with Gasteiger partial charge in [0.25, 0.3) is 0 Å². The normalized spacial score (nSPS) is 13.5. The molecule has 1 aromatic heterocycles. The number of hydrogen-bond acceptors (Lipinski definition) is 3. The molecular weight excluding hydrogens is 168 g/mol. The number of aromatic nitrogens is 1. The van der Waals surface area contributed by atoms with Crippen LogP contribution in [0.3, 0.4) is 0 Å². The Labute approximate surface area is 78.2 Å². The minimum atomic E-state index is 0.310. The summed E-state index contributed by atoms with van der Waals surface area (Å²) in [6, 6.07) is 5.75. The molecule has 0 N–H and O–H groups in total. The molecule has 0 bridgehead atoms. The van der Waals surface area contributed by atoms with Gasteiger partial charge in [-0.25, -0.2) is 0 Å². The second-order valence-electron chi connectivity index (χ2n) is 2.60. The monoisotopic (exact) mass is 180 g/mol. The summed E-state index contributed by atoms with van der Waals surface area (Å²) >= 11 is 4.21. The van der Waals surface area contributed by atoms with Crippen molar-refractivity contribution in [2.24, 2.45) is 4.99 Å². The largest absolute Gasteiger partial charge is 0.290 e. The van der Waals surface area contributed by atoms with Crippen molar-refractivity contribution in [3.05, 3.63) is 30.1 Å². The molecule has 3 heteroatoms. The van der Waals surface area contributed by atoms with Crippen molar-refractivity contribution in [1.82, 2.24) is 4.98 Å². The molecule has 2 nitrogen and oxygen atoms in total. The molecule has 0 aliphatic heterocycles.